The first-order valence-corrected chi connectivity index (χ1v) is 19.3. The number of nitrogen functional groups attached to an aromatic ring is 1. The van der Waals surface area contributed by atoms with E-state index in [1.54, 1.807) is 13.8 Å². The Morgan fingerprint density at radius 3 is 2.02 bits per heavy atom. The number of carbonyl (C=O) groups is 2. The molecule has 1 aliphatic heterocycles. The van der Waals surface area contributed by atoms with Crippen LogP contribution in [0.15, 0.2) is 11.1 Å². The maximum Gasteiger partial charge on any atom is 0.347 e. The fraction of sp³-hybridized carbons (Fsp3) is 0.811. The van der Waals surface area contributed by atoms with Gasteiger partial charge in [0.15, 0.2) is 17.3 Å². The fourth-order valence-corrected chi connectivity index (χ4v) is 6.37. The molecule has 0 aliphatic carbocycles. The predicted octanol–water partition coefficient (Wildman–Crippen LogP) is 7.20. The summed E-state index contributed by atoms with van der Waals surface area (Å²) in [5, 5.41) is 0. The Balaban J connectivity index is 1.34. The van der Waals surface area contributed by atoms with E-state index in [0.717, 1.165) is 19.3 Å². The Labute approximate surface area is 297 Å². The van der Waals surface area contributed by atoms with Gasteiger partial charge < -0.3 is 25.7 Å². The van der Waals surface area contributed by atoms with E-state index in [1.807, 2.05) is 0 Å². The summed E-state index contributed by atoms with van der Waals surface area (Å²) in [4.78, 5) is 48.4. The predicted molar refractivity (Wildman–Crippen MR) is 193 cm³/mol. The smallest absolute Gasteiger partial charge is 0.347 e. The minimum absolute atomic E-state index is 0.0527. The standard InChI is InChI=1S/C37H63FN6O6/c1-4-5-6-7-8-9-10-11-12-13-14-15-16-17-18-19-20-21-22-28(50-36(47)31(39)26(2)3)35(46)48-24-29-27(38)23-30(49-29)44-25-41-32-33(44)42-37(40)43-34(32)45/h25-31H,4-24,39H2,1-3H3,(H3,40,42,43,45)/t27-,28?,29+,30+,31-/m0/s1. The van der Waals surface area contributed by atoms with E-state index in [0.29, 0.717) is 12.8 Å². The molecule has 2 aromatic rings. The number of aromatic nitrogens is 4. The van der Waals surface area contributed by atoms with Crippen molar-refractivity contribution in [2.45, 2.75) is 180 Å². The number of imidazole rings is 1. The first kappa shape index (κ1) is 41.4. The van der Waals surface area contributed by atoms with Gasteiger partial charge in [-0.15, -0.1) is 0 Å². The molecule has 1 fully saturated rings. The molecule has 1 aliphatic rings. The van der Waals surface area contributed by atoms with Crippen LogP contribution >= 0.6 is 0 Å². The summed E-state index contributed by atoms with van der Waals surface area (Å²) in [6.45, 7) is 5.49. The van der Waals surface area contributed by atoms with Crippen LogP contribution in [-0.2, 0) is 23.8 Å². The number of anilines is 1. The molecule has 50 heavy (non-hydrogen) atoms. The van der Waals surface area contributed by atoms with E-state index < -0.39 is 48.1 Å². The van der Waals surface area contributed by atoms with E-state index in [2.05, 4.69) is 21.9 Å². The number of rotatable bonds is 26. The van der Waals surface area contributed by atoms with Crippen LogP contribution in [0.2, 0.25) is 0 Å². The number of nitrogens with two attached hydrogens (primary N) is 2. The number of aromatic amines is 1. The fourth-order valence-electron chi connectivity index (χ4n) is 6.37. The molecule has 5 N–H and O–H groups in total. The molecule has 3 heterocycles. The number of unbranched alkanes of at least 4 members (excludes halogenated alkanes) is 17. The lowest BCUT2D eigenvalue weighted by atomic mass is 10.0. The SMILES string of the molecule is CCCCCCCCCCCCCCCCCCCCC(OC(=O)[C@@H](N)C(C)C)C(=O)OC[C@H]1O[C@@H](n2cnc3c(=O)[nH]c(N)nc32)C[C@@H]1F. The second kappa shape index (κ2) is 22.7. The molecule has 1 unspecified atom stereocenters. The largest absolute Gasteiger partial charge is 0.460 e. The van der Waals surface area contributed by atoms with Crippen LogP contribution in [-0.4, -0.2) is 62.5 Å². The van der Waals surface area contributed by atoms with E-state index in [1.165, 1.54) is 101 Å². The lowest BCUT2D eigenvalue weighted by molar-refractivity contribution is -0.172. The number of nitrogens with one attached hydrogen (secondary N) is 1. The number of hydrogen-bond acceptors (Lipinski definition) is 10. The summed E-state index contributed by atoms with van der Waals surface area (Å²) in [7, 11) is 0. The number of carbonyl (C=O) groups excluding carboxylic acids is 2. The minimum atomic E-state index is -1.46. The Morgan fingerprint density at radius 2 is 1.48 bits per heavy atom. The summed E-state index contributed by atoms with van der Waals surface area (Å²) in [5.41, 5.74) is 11.4. The highest BCUT2D eigenvalue weighted by Crippen LogP contribution is 2.32. The van der Waals surface area contributed by atoms with Crippen molar-refractivity contribution in [1.82, 2.24) is 19.5 Å². The zero-order valence-corrected chi connectivity index (χ0v) is 30.7. The van der Waals surface area contributed by atoms with E-state index in [-0.39, 0.29) is 36.1 Å². The molecule has 3 rings (SSSR count). The van der Waals surface area contributed by atoms with Crippen LogP contribution in [0.1, 0.15) is 155 Å². The molecule has 12 nitrogen and oxygen atoms in total. The van der Waals surface area contributed by atoms with Gasteiger partial charge in [0, 0.05) is 6.42 Å². The highest BCUT2D eigenvalue weighted by atomic mass is 19.1. The lowest BCUT2D eigenvalue weighted by Gasteiger charge is -2.22. The number of halogens is 1. The zero-order valence-electron chi connectivity index (χ0n) is 30.7. The molecular formula is C37H63FN6O6. The van der Waals surface area contributed by atoms with Gasteiger partial charge in [0.25, 0.3) is 5.56 Å². The van der Waals surface area contributed by atoms with Crippen molar-refractivity contribution in [3.8, 4) is 0 Å². The first-order valence-electron chi connectivity index (χ1n) is 19.3. The van der Waals surface area contributed by atoms with Crippen molar-refractivity contribution in [1.29, 1.82) is 0 Å². The van der Waals surface area contributed by atoms with Gasteiger partial charge in [0.1, 0.15) is 31.2 Å². The van der Waals surface area contributed by atoms with Crippen LogP contribution in [0, 0.1) is 5.92 Å². The maximum absolute atomic E-state index is 15.0. The third-order valence-corrected chi connectivity index (χ3v) is 9.64. The van der Waals surface area contributed by atoms with Gasteiger partial charge in [-0.3, -0.25) is 19.1 Å². The highest BCUT2D eigenvalue weighted by molar-refractivity contribution is 5.82. The Kier molecular flexibility index (Phi) is 18.8. The molecular weight excluding hydrogens is 643 g/mol. The number of nitrogens with zero attached hydrogens (tertiary/aromatic N) is 3. The molecule has 2 aromatic heterocycles. The number of H-pyrrole nitrogens is 1. The quantitative estimate of drug-likeness (QED) is 0.0670. The maximum atomic E-state index is 15.0. The topological polar surface area (TPSA) is 177 Å². The van der Waals surface area contributed by atoms with Crippen LogP contribution in [0.5, 0.6) is 0 Å². The van der Waals surface area contributed by atoms with Gasteiger partial charge in [0.2, 0.25) is 5.95 Å². The second-order valence-electron chi connectivity index (χ2n) is 14.3. The molecule has 0 radical (unpaired) electrons. The Morgan fingerprint density at radius 1 is 0.940 bits per heavy atom. The molecule has 0 spiro atoms. The normalized spacial score (nSPS) is 18.9. The summed E-state index contributed by atoms with van der Waals surface area (Å²) < 4.78 is 33.3. The van der Waals surface area contributed by atoms with Crippen molar-refractivity contribution in [2.75, 3.05) is 12.3 Å². The van der Waals surface area contributed by atoms with Gasteiger partial charge in [-0.05, 0) is 18.8 Å². The molecule has 0 aromatic carbocycles. The van der Waals surface area contributed by atoms with Crippen molar-refractivity contribution >= 4 is 29.1 Å². The average molecular weight is 707 g/mol. The lowest BCUT2D eigenvalue weighted by Crippen LogP contribution is -2.41. The van der Waals surface area contributed by atoms with Crippen molar-refractivity contribution < 1.29 is 28.2 Å². The van der Waals surface area contributed by atoms with Gasteiger partial charge in [-0.2, -0.15) is 4.98 Å². The molecule has 0 saturated carbocycles. The monoisotopic (exact) mass is 706 g/mol. The molecule has 13 heteroatoms. The van der Waals surface area contributed by atoms with Crippen molar-refractivity contribution in [2.24, 2.45) is 11.7 Å². The van der Waals surface area contributed by atoms with Gasteiger partial charge >= 0.3 is 11.9 Å². The van der Waals surface area contributed by atoms with Gasteiger partial charge in [0.05, 0.1) is 6.33 Å². The van der Waals surface area contributed by atoms with Gasteiger partial charge in [-0.1, -0.05) is 130 Å². The zero-order chi connectivity index (χ0) is 36.3. The molecule has 5 atom stereocenters. The van der Waals surface area contributed by atoms with E-state index in [9.17, 15) is 14.4 Å². The summed E-state index contributed by atoms with van der Waals surface area (Å²) in [5.74, 6) is -1.69. The number of alkyl halides is 1. The van der Waals surface area contributed by atoms with Crippen LogP contribution in [0.25, 0.3) is 11.2 Å². The van der Waals surface area contributed by atoms with Gasteiger partial charge in [-0.25, -0.2) is 14.2 Å². The molecule has 0 bridgehead atoms. The summed E-state index contributed by atoms with van der Waals surface area (Å²) in [6, 6.07) is -0.875. The minimum Gasteiger partial charge on any atom is -0.460 e. The number of esters is 2. The van der Waals surface area contributed by atoms with Crippen LogP contribution < -0.4 is 17.0 Å². The third-order valence-electron chi connectivity index (χ3n) is 9.64. The van der Waals surface area contributed by atoms with Crippen LogP contribution in [0.3, 0.4) is 0 Å². The first-order chi connectivity index (χ1) is 24.1. The number of hydrogen-bond donors (Lipinski definition) is 3. The van der Waals surface area contributed by atoms with Crippen molar-refractivity contribution in [3.05, 3.63) is 16.7 Å². The summed E-state index contributed by atoms with van der Waals surface area (Å²) >= 11 is 0. The third kappa shape index (κ3) is 13.9. The Bertz CT molecular complexity index is 1340. The second-order valence-corrected chi connectivity index (χ2v) is 14.3. The average Bonchev–Trinajstić information content (AvgIpc) is 3.68. The molecule has 284 valence electrons. The molecule has 1 saturated heterocycles. The highest BCUT2D eigenvalue weighted by Gasteiger charge is 2.39. The Hall–Kier alpha value is -3.06. The summed E-state index contributed by atoms with van der Waals surface area (Å²) in [6.07, 6.45) is 19.6. The van der Waals surface area contributed by atoms with E-state index >= 15 is 4.39 Å². The van der Waals surface area contributed by atoms with Crippen molar-refractivity contribution in [3.63, 3.8) is 0 Å². The van der Waals surface area contributed by atoms with Crippen LogP contribution in [0.4, 0.5) is 10.3 Å². The number of ether oxygens (including phenoxy) is 3. The van der Waals surface area contributed by atoms with E-state index in [4.69, 9.17) is 25.7 Å². The molecule has 0 amide bonds. The number of fused-ring (bicyclic) bond motifs is 1.